The number of nitrogen functional groups attached to an aromatic ring is 1. The SMILES string of the molecule is CCCC1CCN(C(=O)Nc2ccc(N)cc2)CC1. The van der Waals surface area contributed by atoms with Gasteiger partial charge < -0.3 is 16.0 Å². The lowest BCUT2D eigenvalue weighted by Crippen LogP contribution is -2.41. The number of likely N-dealkylation sites (tertiary alicyclic amines) is 1. The van der Waals surface area contributed by atoms with Gasteiger partial charge in [-0.25, -0.2) is 4.79 Å². The van der Waals surface area contributed by atoms with Crippen LogP contribution in [0.25, 0.3) is 0 Å². The molecule has 1 aromatic rings. The number of hydrogen-bond acceptors (Lipinski definition) is 2. The van der Waals surface area contributed by atoms with E-state index in [1.165, 1.54) is 12.8 Å². The van der Waals surface area contributed by atoms with Crippen molar-refractivity contribution < 1.29 is 4.79 Å². The van der Waals surface area contributed by atoms with Crippen LogP contribution in [-0.2, 0) is 0 Å². The van der Waals surface area contributed by atoms with Gasteiger partial charge in [-0.2, -0.15) is 0 Å². The molecule has 0 aromatic heterocycles. The number of benzene rings is 1. The second-order valence-electron chi connectivity index (χ2n) is 5.27. The van der Waals surface area contributed by atoms with Gasteiger partial charge >= 0.3 is 6.03 Å². The highest BCUT2D eigenvalue weighted by Crippen LogP contribution is 2.22. The number of urea groups is 1. The number of anilines is 2. The molecule has 0 unspecified atom stereocenters. The average Bonchev–Trinajstić information content (AvgIpc) is 2.42. The number of hydrogen-bond donors (Lipinski definition) is 2. The summed E-state index contributed by atoms with van der Waals surface area (Å²) >= 11 is 0. The first-order valence-corrected chi connectivity index (χ1v) is 7.10. The van der Waals surface area contributed by atoms with Crippen molar-refractivity contribution in [3.63, 3.8) is 0 Å². The number of nitrogens with two attached hydrogens (primary N) is 1. The summed E-state index contributed by atoms with van der Waals surface area (Å²) in [5.74, 6) is 0.797. The van der Waals surface area contributed by atoms with Gasteiger partial charge in [-0.15, -0.1) is 0 Å². The molecule has 1 fully saturated rings. The van der Waals surface area contributed by atoms with Gasteiger partial charge in [-0.1, -0.05) is 19.8 Å². The Morgan fingerprint density at radius 1 is 1.32 bits per heavy atom. The van der Waals surface area contributed by atoms with E-state index in [-0.39, 0.29) is 6.03 Å². The molecule has 104 valence electrons. The van der Waals surface area contributed by atoms with Gasteiger partial charge in [0.25, 0.3) is 0 Å². The molecule has 4 heteroatoms. The minimum atomic E-state index is -0.000259. The summed E-state index contributed by atoms with van der Waals surface area (Å²) in [4.78, 5) is 14.0. The minimum absolute atomic E-state index is 0.000259. The summed E-state index contributed by atoms with van der Waals surface area (Å²) in [7, 11) is 0. The normalized spacial score (nSPS) is 16.4. The van der Waals surface area contributed by atoms with Gasteiger partial charge in [0.05, 0.1) is 0 Å². The fourth-order valence-electron chi connectivity index (χ4n) is 2.60. The summed E-state index contributed by atoms with van der Waals surface area (Å²) in [6.45, 7) is 3.96. The summed E-state index contributed by atoms with van der Waals surface area (Å²) in [5, 5.41) is 2.92. The number of nitrogens with one attached hydrogen (secondary N) is 1. The van der Waals surface area contributed by atoms with Crippen LogP contribution in [0.5, 0.6) is 0 Å². The lowest BCUT2D eigenvalue weighted by atomic mass is 9.93. The molecule has 1 aliphatic heterocycles. The Hall–Kier alpha value is -1.71. The predicted octanol–water partition coefficient (Wildman–Crippen LogP) is 3.31. The smallest absolute Gasteiger partial charge is 0.321 e. The zero-order valence-corrected chi connectivity index (χ0v) is 11.6. The van der Waals surface area contributed by atoms with Crippen molar-refractivity contribution in [3.8, 4) is 0 Å². The molecule has 1 heterocycles. The molecule has 4 nitrogen and oxygen atoms in total. The molecule has 0 saturated carbocycles. The molecule has 3 N–H and O–H groups in total. The van der Waals surface area contributed by atoms with Crippen molar-refractivity contribution in [2.24, 2.45) is 5.92 Å². The van der Waals surface area contributed by atoms with Crippen LogP contribution in [0.4, 0.5) is 16.2 Å². The van der Waals surface area contributed by atoms with E-state index in [0.717, 1.165) is 37.5 Å². The van der Waals surface area contributed by atoms with Crippen molar-refractivity contribution in [2.75, 3.05) is 24.1 Å². The summed E-state index contributed by atoms with van der Waals surface area (Å²) in [6.07, 6.45) is 4.78. The Balaban J connectivity index is 1.83. The topological polar surface area (TPSA) is 58.4 Å². The summed E-state index contributed by atoms with van der Waals surface area (Å²) < 4.78 is 0. The third-order valence-electron chi connectivity index (χ3n) is 3.76. The summed E-state index contributed by atoms with van der Waals surface area (Å²) in [5.41, 5.74) is 7.13. The lowest BCUT2D eigenvalue weighted by Gasteiger charge is -2.31. The standard InChI is InChI=1S/C15H23N3O/c1-2-3-12-8-10-18(11-9-12)15(19)17-14-6-4-13(16)5-7-14/h4-7,12H,2-3,8-11,16H2,1H3,(H,17,19). The number of piperidine rings is 1. The Morgan fingerprint density at radius 3 is 2.53 bits per heavy atom. The van der Waals surface area contributed by atoms with Gasteiger partial charge in [-0.3, -0.25) is 0 Å². The fraction of sp³-hybridized carbons (Fsp3) is 0.533. The van der Waals surface area contributed by atoms with E-state index >= 15 is 0 Å². The number of carbonyl (C=O) groups is 1. The largest absolute Gasteiger partial charge is 0.399 e. The zero-order valence-electron chi connectivity index (χ0n) is 11.6. The molecule has 1 saturated heterocycles. The van der Waals surface area contributed by atoms with E-state index < -0.39 is 0 Å². The maximum Gasteiger partial charge on any atom is 0.321 e. The average molecular weight is 261 g/mol. The molecule has 1 aliphatic rings. The maximum atomic E-state index is 12.1. The second-order valence-corrected chi connectivity index (χ2v) is 5.27. The highest BCUT2D eigenvalue weighted by Gasteiger charge is 2.22. The van der Waals surface area contributed by atoms with Gasteiger partial charge in [0.1, 0.15) is 0 Å². The highest BCUT2D eigenvalue weighted by molar-refractivity contribution is 5.89. The first kappa shape index (κ1) is 13.7. The molecule has 19 heavy (non-hydrogen) atoms. The van der Waals surface area contributed by atoms with Crippen molar-refractivity contribution in [2.45, 2.75) is 32.6 Å². The number of nitrogens with zero attached hydrogens (tertiary/aromatic N) is 1. The van der Waals surface area contributed by atoms with Crippen molar-refractivity contribution in [1.82, 2.24) is 4.90 Å². The molecule has 0 aliphatic carbocycles. The Labute approximate surface area is 115 Å². The van der Waals surface area contributed by atoms with E-state index in [9.17, 15) is 4.79 Å². The quantitative estimate of drug-likeness (QED) is 0.820. The van der Waals surface area contributed by atoms with E-state index in [1.54, 1.807) is 12.1 Å². The van der Waals surface area contributed by atoms with Gasteiger partial charge in [0.15, 0.2) is 0 Å². The van der Waals surface area contributed by atoms with E-state index in [1.807, 2.05) is 17.0 Å². The molecular weight excluding hydrogens is 238 g/mol. The predicted molar refractivity (Wildman–Crippen MR) is 79.1 cm³/mol. The van der Waals surface area contributed by atoms with Crippen molar-refractivity contribution in [1.29, 1.82) is 0 Å². The first-order chi connectivity index (χ1) is 9.19. The molecule has 2 rings (SSSR count). The Bertz CT molecular complexity index is 408. The van der Waals surface area contributed by atoms with Gasteiger partial charge in [0.2, 0.25) is 0 Å². The van der Waals surface area contributed by atoms with Crippen LogP contribution >= 0.6 is 0 Å². The Morgan fingerprint density at radius 2 is 1.95 bits per heavy atom. The number of amides is 2. The van der Waals surface area contributed by atoms with Crippen LogP contribution < -0.4 is 11.1 Å². The van der Waals surface area contributed by atoms with E-state index in [0.29, 0.717) is 5.69 Å². The van der Waals surface area contributed by atoms with Crippen LogP contribution in [0.1, 0.15) is 32.6 Å². The third-order valence-corrected chi connectivity index (χ3v) is 3.76. The van der Waals surface area contributed by atoms with Crippen molar-refractivity contribution in [3.05, 3.63) is 24.3 Å². The lowest BCUT2D eigenvalue weighted by molar-refractivity contribution is 0.179. The molecule has 0 radical (unpaired) electrons. The van der Waals surface area contributed by atoms with E-state index in [2.05, 4.69) is 12.2 Å². The summed E-state index contributed by atoms with van der Waals surface area (Å²) in [6, 6.07) is 7.25. The fourth-order valence-corrected chi connectivity index (χ4v) is 2.60. The maximum absolute atomic E-state index is 12.1. The van der Waals surface area contributed by atoms with Crippen LogP contribution in [0, 0.1) is 5.92 Å². The Kier molecular flexibility index (Phi) is 4.66. The molecule has 1 aromatic carbocycles. The minimum Gasteiger partial charge on any atom is -0.399 e. The first-order valence-electron chi connectivity index (χ1n) is 7.10. The van der Waals surface area contributed by atoms with Crippen molar-refractivity contribution >= 4 is 17.4 Å². The molecular formula is C15H23N3O. The van der Waals surface area contributed by atoms with Crippen LogP contribution in [0.15, 0.2) is 24.3 Å². The molecule has 0 bridgehead atoms. The third kappa shape index (κ3) is 3.88. The number of carbonyl (C=O) groups excluding carboxylic acids is 1. The van der Waals surface area contributed by atoms with Gasteiger partial charge in [-0.05, 0) is 43.0 Å². The highest BCUT2D eigenvalue weighted by atomic mass is 16.2. The van der Waals surface area contributed by atoms with E-state index in [4.69, 9.17) is 5.73 Å². The van der Waals surface area contributed by atoms with Crippen LogP contribution in [-0.4, -0.2) is 24.0 Å². The van der Waals surface area contributed by atoms with Crippen LogP contribution in [0.2, 0.25) is 0 Å². The zero-order chi connectivity index (χ0) is 13.7. The molecule has 0 atom stereocenters. The molecule has 0 spiro atoms. The second kappa shape index (κ2) is 6.45. The number of rotatable bonds is 3. The van der Waals surface area contributed by atoms with Gasteiger partial charge in [0, 0.05) is 24.5 Å². The molecule has 2 amide bonds. The van der Waals surface area contributed by atoms with Crippen LogP contribution in [0.3, 0.4) is 0 Å². The monoisotopic (exact) mass is 261 g/mol.